The highest BCUT2D eigenvalue weighted by molar-refractivity contribution is 5.96. The first-order valence-electron chi connectivity index (χ1n) is 6.54. The van der Waals surface area contributed by atoms with Gasteiger partial charge in [0.25, 0.3) is 5.91 Å². The first kappa shape index (κ1) is 14.6. The Bertz CT molecular complexity index is 440. The fourth-order valence-electron chi connectivity index (χ4n) is 1.89. The van der Waals surface area contributed by atoms with Gasteiger partial charge in [-0.25, -0.2) is 0 Å². The van der Waals surface area contributed by atoms with Gasteiger partial charge in [-0.1, -0.05) is 26.3 Å². The molecule has 0 saturated carbocycles. The van der Waals surface area contributed by atoms with Crippen molar-refractivity contribution in [3.63, 3.8) is 0 Å². The lowest BCUT2D eigenvalue weighted by molar-refractivity contribution is 0.0927. The quantitative estimate of drug-likeness (QED) is 0.805. The van der Waals surface area contributed by atoms with E-state index in [0.717, 1.165) is 17.5 Å². The van der Waals surface area contributed by atoms with E-state index in [1.807, 2.05) is 26.8 Å². The molecule has 2 atom stereocenters. The van der Waals surface area contributed by atoms with E-state index >= 15 is 0 Å². The third-order valence-electron chi connectivity index (χ3n) is 3.71. The van der Waals surface area contributed by atoms with Crippen LogP contribution in [-0.2, 0) is 0 Å². The third-order valence-corrected chi connectivity index (χ3v) is 3.71. The van der Waals surface area contributed by atoms with Crippen molar-refractivity contribution in [1.82, 2.24) is 5.32 Å². The van der Waals surface area contributed by atoms with Crippen molar-refractivity contribution < 1.29 is 4.79 Å². The minimum absolute atomic E-state index is 0.0352. The summed E-state index contributed by atoms with van der Waals surface area (Å²) in [6.45, 7) is 10.2. The molecule has 0 radical (unpaired) electrons. The van der Waals surface area contributed by atoms with Gasteiger partial charge in [0, 0.05) is 17.3 Å². The van der Waals surface area contributed by atoms with Gasteiger partial charge in [-0.3, -0.25) is 4.79 Å². The van der Waals surface area contributed by atoms with E-state index in [4.69, 9.17) is 5.73 Å². The zero-order valence-corrected chi connectivity index (χ0v) is 12.0. The zero-order valence-electron chi connectivity index (χ0n) is 12.0. The number of nitrogens with two attached hydrogens (primary N) is 1. The number of carbonyl (C=O) groups excluding carboxylic acids is 1. The molecular formula is C15H24N2O. The second-order valence-corrected chi connectivity index (χ2v) is 5.17. The van der Waals surface area contributed by atoms with Crippen LogP contribution in [0, 0.1) is 19.8 Å². The summed E-state index contributed by atoms with van der Waals surface area (Å²) in [5.74, 6) is 0.434. The average Bonchev–Trinajstić information content (AvgIpc) is 2.32. The van der Waals surface area contributed by atoms with Gasteiger partial charge in [-0.15, -0.1) is 0 Å². The van der Waals surface area contributed by atoms with Crippen molar-refractivity contribution in [1.29, 1.82) is 0 Å². The lowest BCUT2D eigenvalue weighted by Crippen LogP contribution is -2.37. The van der Waals surface area contributed by atoms with Crippen LogP contribution in [0.3, 0.4) is 0 Å². The summed E-state index contributed by atoms with van der Waals surface area (Å²) < 4.78 is 0. The number of hydrogen-bond acceptors (Lipinski definition) is 2. The van der Waals surface area contributed by atoms with E-state index in [0.29, 0.717) is 17.2 Å². The van der Waals surface area contributed by atoms with E-state index in [1.54, 1.807) is 6.07 Å². The van der Waals surface area contributed by atoms with E-state index in [1.165, 1.54) is 0 Å². The van der Waals surface area contributed by atoms with Crippen molar-refractivity contribution in [3.8, 4) is 0 Å². The van der Waals surface area contributed by atoms with Crippen LogP contribution in [0.2, 0.25) is 0 Å². The molecule has 3 N–H and O–H groups in total. The molecule has 0 aliphatic rings. The van der Waals surface area contributed by atoms with Crippen LogP contribution in [0.4, 0.5) is 5.69 Å². The van der Waals surface area contributed by atoms with Crippen LogP contribution in [0.15, 0.2) is 12.1 Å². The highest BCUT2D eigenvalue weighted by atomic mass is 16.1. The van der Waals surface area contributed by atoms with Gasteiger partial charge in [0.2, 0.25) is 0 Å². The number of anilines is 1. The molecule has 0 bridgehead atoms. The summed E-state index contributed by atoms with van der Waals surface area (Å²) in [4.78, 5) is 12.2. The Hall–Kier alpha value is -1.51. The van der Waals surface area contributed by atoms with Gasteiger partial charge in [0.15, 0.2) is 0 Å². The first-order chi connectivity index (χ1) is 8.36. The Balaban J connectivity index is 2.88. The summed E-state index contributed by atoms with van der Waals surface area (Å²) in [5.41, 5.74) is 9.19. The molecule has 2 unspecified atom stereocenters. The van der Waals surface area contributed by atoms with E-state index in [2.05, 4.69) is 19.2 Å². The molecule has 18 heavy (non-hydrogen) atoms. The van der Waals surface area contributed by atoms with Crippen LogP contribution in [0.25, 0.3) is 0 Å². The van der Waals surface area contributed by atoms with Crippen LogP contribution >= 0.6 is 0 Å². The van der Waals surface area contributed by atoms with Crippen LogP contribution in [0.5, 0.6) is 0 Å². The Labute approximate surface area is 110 Å². The van der Waals surface area contributed by atoms with E-state index in [-0.39, 0.29) is 11.9 Å². The predicted molar refractivity (Wildman–Crippen MR) is 76.7 cm³/mol. The Morgan fingerprint density at radius 3 is 2.44 bits per heavy atom. The van der Waals surface area contributed by atoms with Crippen molar-refractivity contribution >= 4 is 11.6 Å². The molecule has 3 heteroatoms. The van der Waals surface area contributed by atoms with Gasteiger partial charge in [0.05, 0.1) is 0 Å². The molecule has 0 aliphatic carbocycles. The van der Waals surface area contributed by atoms with Gasteiger partial charge >= 0.3 is 0 Å². The number of rotatable bonds is 4. The molecule has 3 nitrogen and oxygen atoms in total. The number of hydrogen-bond donors (Lipinski definition) is 2. The largest absolute Gasteiger partial charge is 0.398 e. The maximum Gasteiger partial charge on any atom is 0.251 e. The van der Waals surface area contributed by atoms with Crippen molar-refractivity contribution in [3.05, 3.63) is 28.8 Å². The lowest BCUT2D eigenvalue weighted by atomic mass is 9.99. The van der Waals surface area contributed by atoms with E-state index < -0.39 is 0 Å². The summed E-state index contributed by atoms with van der Waals surface area (Å²) in [6, 6.07) is 3.89. The summed E-state index contributed by atoms with van der Waals surface area (Å²) in [7, 11) is 0. The van der Waals surface area contributed by atoms with Crippen molar-refractivity contribution in [2.24, 2.45) is 5.92 Å². The molecule has 1 aromatic carbocycles. The molecular weight excluding hydrogens is 224 g/mol. The first-order valence-corrected chi connectivity index (χ1v) is 6.54. The molecule has 0 aliphatic heterocycles. The topological polar surface area (TPSA) is 55.1 Å². The Kier molecular flexibility index (Phi) is 4.76. The average molecular weight is 248 g/mol. The highest BCUT2D eigenvalue weighted by Gasteiger charge is 2.16. The minimum Gasteiger partial charge on any atom is -0.398 e. The SMILES string of the molecule is CCC(C)C(C)NC(=O)c1cc(N)c(C)cc1C. The fraction of sp³-hybridized carbons (Fsp3) is 0.533. The minimum atomic E-state index is -0.0352. The standard InChI is InChI=1S/C15H24N2O/c1-6-9(2)12(5)17-15(18)13-8-14(16)11(4)7-10(13)3/h7-9,12H,6,16H2,1-5H3,(H,17,18). The van der Waals surface area contributed by atoms with Crippen LogP contribution in [-0.4, -0.2) is 11.9 Å². The molecule has 1 rings (SSSR count). The van der Waals surface area contributed by atoms with Crippen LogP contribution in [0.1, 0.15) is 48.7 Å². The van der Waals surface area contributed by atoms with Crippen molar-refractivity contribution in [2.75, 3.05) is 5.73 Å². The molecule has 0 spiro atoms. The van der Waals surface area contributed by atoms with Crippen molar-refractivity contribution in [2.45, 2.75) is 47.1 Å². The molecule has 0 saturated heterocycles. The molecule has 100 valence electrons. The maximum absolute atomic E-state index is 12.2. The maximum atomic E-state index is 12.2. The van der Waals surface area contributed by atoms with Gasteiger partial charge in [-0.2, -0.15) is 0 Å². The predicted octanol–water partition coefficient (Wildman–Crippen LogP) is 3.05. The Morgan fingerprint density at radius 1 is 1.28 bits per heavy atom. The zero-order chi connectivity index (χ0) is 13.9. The summed E-state index contributed by atoms with van der Waals surface area (Å²) in [6.07, 6.45) is 1.05. The van der Waals surface area contributed by atoms with Crippen LogP contribution < -0.4 is 11.1 Å². The lowest BCUT2D eigenvalue weighted by Gasteiger charge is -2.20. The van der Waals surface area contributed by atoms with E-state index in [9.17, 15) is 4.79 Å². The summed E-state index contributed by atoms with van der Waals surface area (Å²) in [5, 5.41) is 3.04. The second kappa shape index (κ2) is 5.89. The smallest absolute Gasteiger partial charge is 0.251 e. The monoisotopic (exact) mass is 248 g/mol. The number of nitrogen functional groups attached to an aromatic ring is 1. The normalized spacial score (nSPS) is 14.1. The number of aryl methyl sites for hydroxylation is 2. The number of amides is 1. The molecule has 1 amide bonds. The van der Waals surface area contributed by atoms with Gasteiger partial charge in [-0.05, 0) is 43.9 Å². The molecule has 1 aromatic rings. The number of benzene rings is 1. The Morgan fingerprint density at radius 2 is 1.89 bits per heavy atom. The number of carbonyl (C=O) groups is 1. The van der Waals surface area contributed by atoms with Gasteiger partial charge < -0.3 is 11.1 Å². The molecule has 0 heterocycles. The number of nitrogens with one attached hydrogen (secondary N) is 1. The fourth-order valence-corrected chi connectivity index (χ4v) is 1.89. The third kappa shape index (κ3) is 3.25. The summed E-state index contributed by atoms with van der Waals surface area (Å²) >= 11 is 0. The van der Waals surface area contributed by atoms with Gasteiger partial charge in [0.1, 0.15) is 0 Å². The molecule has 0 aromatic heterocycles. The molecule has 0 fully saturated rings. The highest BCUT2D eigenvalue weighted by Crippen LogP contribution is 2.18. The second-order valence-electron chi connectivity index (χ2n) is 5.17.